The Labute approximate surface area is 88.8 Å². The molecule has 2 aromatic heterocycles. The van der Waals surface area contributed by atoms with Crippen molar-refractivity contribution in [1.82, 2.24) is 14.5 Å². The van der Waals surface area contributed by atoms with Crippen LogP contribution in [-0.2, 0) is 6.42 Å². The molecule has 0 saturated carbocycles. The lowest BCUT2D eigenvalue weighted by Gasteiger charge is -2.07. The summed E-state index contributed by atoms with van der Waals surface area (Å²) in [5, 5.41) is 0. The van der Waals surface area contributed by atoms with E-state index in [1.165, 1.54) is 0 Å². The van der Waals surface area contributed by atoms with Gasteiger partial charge in [-0.1, -0.05) is 6.92 Å². The van der Waals surface area contributed by atoms with Gasteiger partial charge in [0.15, 0.2) is 0 Å². The number of aromatic nitrogens is 3. The van der Waals surface area contributed by atoms with Crippen molar-refractivity contribution in [2.45, 2.75) is 20.3 Å². The summed E-state index contributed by atoms with van der Waals surface area (Å²) in [4.78, 5) is 8.58. The highest BCUT2D eigenvalue weighted by atomic mass is 15.1. The van der Waals surface area contributed by atoms with E-state index in [4.69, 9.17) is 5.73 Å². The summed E-state index contributed by atoms with van der Waals surface area (Å²) in [5.41, 5.74) is 7.60. The van der Waals surface area contributed by atoms with Crippen molar-refractivity contribution < 1.29 is 0 Å². The lowest BCUT2D eigenvalue weighted by atomic mass is 10.2. The molecule has 2 aromatic rings. The zero-order valence-corrected chi connectivity index (χ0v) is 8.94. The molecule has 0 aromatic carbocycles. The highest BCUT2D eigenvalue weighted by Gasteiger charge is 2.05. The highest BCUT2D eigenvalue weighted by Crippen LogP contribution is 2.14. The van der Waals surface area contributed by atoms with Crippen LogP contribution in [0.2, 0.25) is 0 Å². The van der Waals surface area contributed by atoms with Crippen LogP contribution >= 0.6 is 0 Å². The van der Waals surface area contributed by atoms with Crippen molar-refractivity contribution in [1.29, 1.82) is 0 Å². The number of nitrogens with zero attached hydrogens (tertiary/aromatic N) is 3. The maximum absolute atomic E-state index is 5.84. The van der Waals surface area contributed by atoms with Gasteiger partial charge >= 0.3 is 0 Å². The first kappa shape index (κ1) is 9.71. The molecular formula is C11H14N4. The van der Waals surface area contributed by atoms with Gasteiger partial charge in [0, 0.05) is 36.8 Å². The van der Waals surface area contributed by atoms with Gasteiger partial charge in [-0.15, -0.1) is 0 Å². The second-order valence-corrected chi connectivity index (χ2v) is 3.47. The van der Waals surface area contributed by atoms with E-state index in [1.807, 2.05) is 23.8 Å². The van der Waals surface area contributed by atoms with Gasteiger partial charge in [0.1, 0.15) is 11.6 Å². The summed E-state index contributed by atoms with van der Waals surface area (Å²) in [6, 6.07) is 1.87. The van der Waals surface area contributed by atoms with E-state index in [2.05, 4.69) is 16.9 Å². The van der Waals surface area contributed by atoms with Gasteiger partial charge in [-0.25, -0.2) is 9.97 Å². The van der Waals surface area contributed by atoms with Crippen LogP contribution in [0.3, 0.4) is 0 Å². The monoisotopic (exact) mass is 202 g/mol. The maximum atomic E-state index is 5.84. The number of anilines is 1. The maximum Gasteiger partial charge on any atom is 0.140 e. The van der Waals surface area contributed by atoms with E-state index in [0.717, 1.165) is 29.3 Å². The topological polar surface area (TPSA) is 56.7 Å². The quantitative estimate of drug-likeness (QED) is 0.806. The molecule has 0 aliphatic rings. The summed E-state index contributed by atoms with van der Waals surface area (Å²) < 4.78 is 1.95. The summed E-state index contributed by atoms with van der Waals surface area (Å²) >= 11 is 0. The predicted molar refractivity (Wildman–Crippen MR) is 59.9 cm³/mol. The third-order valence-electron chi connectivity index (χ3n) is 2.41. The molecule has 0 aliphatic carbocycles. The number of hydrogen-bond acceptors (Lipinski definition) is 3. The zero-order valence-electron chi connectivity index (χ0n) is 8.94. The molecule has 0 aliphatic heterocycles. The number of nitrogens with two attached hydrogens (primary N) is 1. The molecule has 0 spiro atoms. The molecule has 78 valence electrons. The molecular weight excluding hydrogens is 188 g/mol. The molecule has 2 rings (SSSR count). The third-order valence-corrected chi connectivity index (χ3v) is 2.41. The van der Waals surface area contributed by atoms with Gasteiger partial charge in [-0.05, 0) is 12.5 Å². The van der Waals surface area contributed by atoms with Crippen molar-refractivity contribution in [3.05, 3.63) is 36.0 Å². The number of nitrogen functional groups attached to an aromatic ring is 1. The van der Waals surface area contributed by atoms with Gasteiger partial charge in [0.2, 0.25) is 0 Å². The minimum atomic E-state index is 0.760. The average Bonchev–Trinajstić information content (AvgIpc) is 2.70. The van der Waals surface area contributed by atoms with E-state index in [9.17, 15) is 0 Å². The lowest BCUT2D eigenvalue weighted by molar-refractivity contribution is 0.867. The fourth-order valence-electron chi connectivity index (χ4n) is 1.46. The van der Waals surface area contributed by atoms with Crippen LogP contribution < -0.4 is 5.73 Å². The zero-order chi connectivity index (χ0) is 10.8. The Hall–Kier alpha value is -1.84. The Morgan fingerprint density at radius 2 is 2.20 bits per heavy atom. The van der Waals surface area contributed by atoms with Crippen molar-refractivity contribution in [2.75, 3.05) is 5.73 Å². The lowest BCUT2D eigenvalue weighted by Crippen LogP contribution is -2.03. The van der Waals surface area contributed by atoms with E-state index >= 15 is 0 Å². The molecule has 0 fully saturated rings. The van der Waals surface area contributed by atoms with Crippen molar-refractivity contribution in [3.8, 4) is 5.82 Å². The summed E-state index contributed by atoms with van der Waals surface area (Å²) in [7, 11) is 0. The third kappa shape index (κ3) is 1.70. The standard InChI is InChI=1S/C11H14N4/c1-3-10-13-4-5-15(10)11-6-9(12)8(2)7-14-11/h4-7H,3H2,1-2H3,(H2,12,14). The van der Waals surface area contributed by atoms with Crippen LogP contribution in [-0.4, -0.2) is 14.5 Å². The molecule has 2 heterocycles. The van der Waals surface area contributed by atoms with Gasteiger partial charge < -0.3 is 5.73 Å². The van der Waals surface area contributed by atoms with Gasteiger partial charge in [-0.3, -0.25) is 4.57 Å². The first-order valence-electron chi connectivity index (χ1n) is 4.97. The van der Waals surface area contributed by atoms with Crippen molar-refractivity contribution in [3.63, 3.8) is 0 Å². The Morgan fingerprint density at radius 1 is 1.40 bits per heavy atom. The first-order valence-corrected chi connectivity index (χ1v) is 4.97. The molecule has 0 atom stereocenters. The van der Waals surface area contributed by atoms with Crippen LogP contribution in [0.15, 0.2) is 24.7 Å². The van der Waals surface area contributed by atoms with Crippen molar-refractivity contribution >= 4 is 5.69 Å². The van der Waals surface area contributed by atoms with Crippen molar-refractivity contribution in [2.24, 2.45) is 0 Å². The molecule has 4 nitrogen and oxygen atoms in total. The Bertz CT molecular complexity index is 473. The van der Waals surface area contributed by atoms with Crippen LogP contribution in [0.4, 0.5) is 5.69 Å². The van der Waals surface area contributed by atoms with Gasteiger partial charge in [0.05, 0.1) is 0 Å². The number of hydrogen-bond donors (Lipinski definition) is 1. The minimum absolute atomic E-state index is 0.760. The van der Waals surface area contributed by atoms with Crippen LogP contribution in [0.5, 0.6) is 0 Å². The number of imidazole rings is 1. The molecule has 2 N–H and O–H groups in total. The second kappa shape index (κ2) is 3.73. The predicted octanol–water partition coefficient (Wildman–Crippen LogP) is 1.72. The first-order chi connectivity index (χ1) is 7.22. The second-order valence-electron chi connectivity index (χ2n) is 3.47. The Balaban J connectivity index is 2.50. The van der Waals surface area contributed by atoms with E-state index in [0.29, 0.717) is 0 Å². The highest BCUT2D eigenvalue weighted by molar-refractivity contribution is 5.49. The number of pyridine rings is 1. The minimum Gasteiger partial charge on any atom is -0.398 e. The summed E-state index contributed by atoms with van der Waals surface area (Å²) in [6.07, 6.45) is 6.33. The molecule has 0 amide bonds. The van der Waals surface area contributed by atoms with Crippen LogP contribution in [0.25, 0.3) is 5.82 Å². The van der Waals surface area contributed by atoms with Gasteiger partial charge in [-0.2, -0.15) is 0 Å². The Kier molecular flexibility index (Phi) is 2.41. The van der Waals surface area contributed by atoms with Crippen LogP contribution in [0, 0.1) is 6.92 Å². The van der Waals surface area contributed by atoms with E-state index in [-0.39, 0.29) is 0 Å². The molecule has 15 heavy (non-hydrogen) atoms. The van der Waals surface area contributed by atoms with E-state index in [1.54, 1.807) is 12.4 Å². The largest absolute Gasteiger partial charge is 0.398 e. The summed E-state index contributed by atoms with van der Waals surface area (Å²) in [5.74, 6) is 1.82. The fraction of sp³-hybridized carbons (Fsp3) is 0.273. The SMILES string of the molecule is CCc1nccn1-c1cc(N)c(C)cn1. The fourth-order valence-corrected chi connectivity index (χ4v) is 1.46. The molecule has 4 heteroatoms. The Morgan fingerprint density at radius 3 is 2.87 bits per heavy atom. The normalized spacial score (nSPS) is 10.5. The smallest absolute Gasteiger partial charge is 0.140 e. The molecule has 0 saturated heterocycles. The number of aryl methyl sites for hydroxylation is 2. The van der Waals surface area contributed by atoms with Gasteiger partial charge in [0.25, 0.3) is 0 Å². The van der Waals surface area contributed by atoms with E-state index < -0.39 is 0 Å². The average molecular weight is 202 g/mol. The number of rotatable bonds is 2. The summed E-state index contributed by atoms with van der Waals surface area (Å²) in [6.45, 7) is 4.01. The molecule has 0 bridgehead atoms. The molecule has 0 radical (unpaired) electrons. The molecule has 0 unspecified atom stereocenters. The van der Waals surface area contributed by atoms with Crippen LogP contribution in [0.1, 0.15) is 18.3 Å².